The number of benzene rings is 1. The van der Waals surface area contributed by atoms with E-state index in [-0.39, 0.29) is 5.75 Å². The summed E-state index contributed by atoms with van der Waals surface area (Å²) in [7, 11) is -3.11. The van der Waals surface area contributed by atoms with Gasteiger partial charge in [-0.2, -0.15) is 0 Å². The number of halogens is 2. The van der Waals surface area contributed by atoms with Crippen LogP contribution in [0.25, 0.3) is 0 Å². The molecule has 1 rings (SSSR count). The second-order valence-corrected chi connectivity index (χ2v) is 8.66. The van der Waals surface area contributed by atoms with Crippen LogP contribution in [0.5, 0.6) is 0 Å². The predicted octanol–water partition coefficient (Wildman–Crippen LogP) is 3.62. The van der Waals surface area contributed by atoms with Gasteiger partial charge >= 0.3 is 0 Å². The highest BCUT2D eigenvalue weighted by Crippen LogP contribution is 2.25. The maximum atomic E-state index is 11.9. The van der Waals surface area contributed by atoms with Crippen molar-refractivity contribution in [1.82, 2.24) is 0 Å². The Bertz CT molecular complexity index is 521. The van der Waals surface area contributed by atoms with Crippen molar-refractivity contribution >= 4 is 38.7 Å². The lowest BCUT2D eigenvalue weighted by Gasteiger charge is -2.19. The fraction of sp³-hybridized carbons (Fsp3) is 0.500. The normalized spacial score (nSPS) is 12.5. The summed E-state index contributed by atoms with van der Waals surface area (Å²) in [5.74, 6) is 0.0801. The fourth-order valence-corrected chi connectivity index (χ4v) is 2.52. The maximum Gasteiger partial charge on any atom is 0.156 e. The van der Waals surface area contributed by atoms with E-state index in [1.807, 2.05) is 0 Å². The molecule has 1 N–H and O–H groups in total. The van der Waals surface area contributed by atoms with Gasteiger partial charge in [0.1, 0.15) is 0 Å². The van der Waals surface area contributed by atoms with Gasteiger partial charge in [-0.05, 0) is 39.0 Å². The predicted molar refractivity (Wildman–Crippen MR) is 78.5 cm³/mol. The van der Waals surface area contributed by atoms with E-state index in [9.17, 15) is 8.42 Å². The molecule has 0 unspecified atom stereocenters. The molecule has 102 valence electrons. The minimum Gasteiger partial charge on any atom is -0.384 e. The SMILES string of the molecule is CC(C)(C)S(=O)(=O)CCNc1ccc(Cl)c(Cl)c1. The van der Waals surface area contributed by atoms with Gasteiger partial charge in [-0.3, -0.25) is 0 Å². The van der Waals surface area contributed by atoms with Gasteiger partial charge in [-0.25, -0.2) is 8.42 Å². The van der Waals surface area contributed by atoms with E-state index in [0.29, 0.717) is 16.6 Å². The van der Waals surface area contributed by atoms with Crippen LogP contribution in [-0.4, -0.2) is 25.5 Å². The van der Waals surface area contributed by atoms with Gasteiger partial charge in [0.15, 0.2) is 9.84 Å². The summed E-state index contributed by atoms with van der Waals surface area (Å²) in [5.41, 5.74) is 0.758. The van der Waals surface area contributed by atoms with E-state index in [4.69, 9.17) is 23.2 Å². The molecule has 0 amide bonds. The first-order chi connectivity index (χ1) is 8.13. The molecule has 0 heterocycles. The first kappa shape index (κ1) is 15.6. The van der Waals surface area contributed by atoms with Crippen LogP contribution in [-0.2, 0) is 9.84 Å². The number of sulfone groups is 1. The fourth-order valence-electron chi connectivity index (χ4n) is 1.24. The van der Waals surface area contributed by atoms with Gasteiger partial charge in [0, 0.05) is 12.2 Å². The third-order valence-corrected chi connectivity index (χ3v) is 5.90. The Morgan fingerprint density at radius 2 is 1.78 bits per heavy atom. The van der Waals surface area contributed by atoms with Gasteiger partial charge in [-0.15, -0.1) is 0 Å². The Morgan fingerprint density at radius 3 is 2.28 bits per heavy atom. The standard InChI is InChI=1S/C12H17Cl2NO2S/c1-12(2,3)18(16,17)7-6-15-9-4-5-10(13)11(14)8-9/h4-5,8,15H,6-7H2,1-3H3. The van der Waals surface area contributed by atoms with Crippen LogP contribution in [0, 0.1) is 0 Å². The zero-order valence-corrected chi connectivity index (χ0v) is 13.0. The molecular weight excluding hydrogens is 293 g/mol. The van der Waals surface area contributed by atoms with Crippen LogP contribution in [0.15, 0.2) is 18.2 Å². The molecule has 1 aromatic carbocycles. The molecule has 18 heavy (non-hydrogen) atoms. The number of nitrogens with one attached hydrogen (secondary N) is 1. The lowest BCUT2D eigenvalue weighted by Crippen LogP contribution is -2.32. The van der Waals surface area contributed by atoms with Gasteiger partial charge < -0.3 is 5.32 Å². The molecule has 0 bridgehead atoms. The smallest absolute Gasteiger partial charge is 0.156 e. The monoisotopic (exact) mass is 309 g/mol. The second kappa shape index (κ2) is 5.68. The van der Waals surface area contributed by atoms with E-state index in [1.54, 1.807) is 39.0 Å². The summed E-state index contributed by atoms with van der Waals surface area (Å²) < 4.78 is 23.0. The van der Waals surface area contributed by atoms with Crippen LogP contribution >= 0.6 is 23.2 Å². The molecule has 0 aliphatic carbocycles. The summed E-state index contributed by atoms with van der Waals surface area (Å²) in [6.07, 6.45) is 0. The van der Waals surface area contributed by atoms with Crippen LogP contribution < -0.4 is 5.32 Å². The lowest BCUT2D eigenvalue weighted by molar-refractivity contribution is 0.560. The topological polar surface area (TPSA) is 46.2 Å². The molecule has 0 saturated carbocycles. The highest BCUT2D eigenvalue weighted by molar-refractivity contribution is 7.92. The highest BCUT2D eigenvalue weighted by Gasteiger charge is 2.28. The van der Waals surface area contributed by atoms with Crippen molar-refractivity contribution in [2.45, 2.75) is 25.5 Å². The minimum absolute atomic E-state index is 0.0801. The van der Waals surface area contributed by atoms with Crippen molar-refractivity contribution in [3.05, 3.63) is 28.2 Å². The maximum absolute atomic E-state index is 11.9. The molecular formula is C12H17Cl2NO2S. The molecule has 6 heteroatoms. The van der Waals surface area contributed by atoms with Crippen LogP contribution in [0.2, 0.25) is 10.0 Å². The Labute approximate surface area is 118 Å². The third kappa shape index (κ3) is 4.04. The van der Waals surface area contributed by atoms with Gasteiger partial charge in [0.25, 0.3) is 0 Å². The number of rotatable bonds is 4. The van der Waals surface area contributed by atoms with Gasteiger partial charge in [0.05, 0.1) is 20.5 Å². The van der Waals surface area contributed by atoms with Crippen LogP contribution in [0.1, 0.15) is 20.8 Å². The first-order valence-corrected chi connectivity index (χ1v) is 7.95. The van der Waals surface area contributed by atoms with Crippen LogP contribution in [0.4, 0.5) is 5.69 Å². The Morgan fingerprint density at radius 1 is 1.17 bits per heavy atom. The molecule has 0 saturated heterocycles. The molecule has 3 nitrogen and oxygen atoms in total. The second-order valence-electron chi connectivity index (χ2n) is 4.99. The molecule has 0 radical (unpaired) electrons. The molecule has 0 atom stereocenters. The quantitative estimate of drug-likeness (QED) is 0.924. The summed E-state index contributed by atoms with van der Waals surface area (Å²) in [6.45, 7) is 5.43. The van der Waals surface area contributed by atoms with Gasteiger partial charge in [0.2, 0.25) is 0 Å². The lowest BCUT2D eigenvalue weighted by atomic mass is 10.3. The summed E-state index contributed by atoms with van der Waals surface area (Å²) >= 11 is 11.7. The molecule has 0 spiro atoms. The summed E-state index contributed by atoms with van der Waals surface area (Å²) in [6, 6.07) is 5.11. The molecule has 1 aromatic rings. The average molecular weight is 310 g/mol. The zero-order chi connectivity index (χ0) is 14.0. The Balaban J connectivity index is 2.60. The summed E-state index contributed by atoms with van der Waals surface area (Å²) in [4.78, 5) is 0. The van der Waals surface area contributed by atoms with Crippen molar-refractivity contribution in [3.8, 4) is 0 Å². The number of hydrogen-bond donors (Lipinski definition) is 1. The minimum atomic E-state index is -3.11. The number of hydrogen-bond acceptors (Lipinski definition) is 3. The van der Waals surface area contributed by atoms with Crippen LogP contribution in [0.3, 0.4) is 0 Å². The van der Waals surface area contributed by atoms with Crippen molar-refractivity contribution in [2.24, 2.45) is 0 Å². The van der Waals surface area contributed by atoms with E-state index < -0.39 is 14.6 Å². The highest BCUT2D eigenvalue weighted by atomic mass is 35.5. The number of anilines is 1. The zero-order valence-electron chi connectivity index (χ0n) is 10.6. The van der Waals surface area contributed by atoms with Crippen molar-refractivity contribution in [1.29, 1.82) is 0 Å². The molecule has 0 aliphatic rings. The van der Waals surface area contributed by atoms with E-state index >= 15 is 0 Å². The van der Waals surface area contributed by atoms with E-state index in [1.165, 1.54) is 0 Å². The average Bonchev–Trinajstić information content (AvgIpc) is 2.21. The van der Waals surface area contributed by atoms with Gasteiger partial charge in [-0.1, -0.05) is 23.2 Å². The van der Waals surface area contributed by atoms with E-state index in [0.717, 1.165) is 5.69 Å². The Hall–Kier alpha value is -0.450. The molecule has 0 aliphatic heterocycles. The molecule has 0 fully saturated rings. The van der Waals surface area contributed by atoms with Crippen molar-refractivity contribution < 1.29 is 8.42 Å². The molecule has 0 aromatic heterocycles. The third-order valence-electron chi connectivity index (χ3n) is 2.55. The van der Waals surface area contributed by atoms with Crippen molar-refractivity contribution in [3.63, 3.8) is 0 Å². The largest absolute Gasteiger partial charge is 0.384 e. The van der Waals surface area contributed by atoms with E-state index in [2.05, 4.69) is 5.32 Å². The first-order valence-electron chi connectivity index (χ1n) is 5.55. The van der Waals surface area contributed by atoms with Crippen molar-refractivity contribution in [2.75, 3.05) is 17.6 Å². The summed E-state index contributed by atoms with van der Waals surface area (Å²) in [5, 5.41) is 3.94. The Kier molecular flexibility index (Phi) is 4.92.